The molecule has 1 aromatic rings. The van der Waals surface area contributed by atoms with E-state index in [4.69, 9.17) is 10.5 Å². The summed E-state index contributed by atoms with van der Waals surface area (Å²) in [5.41, 5.74) is 6.31. The van der Waals surface area contributed by atoms with Gasteiger partial charge in [0.1, 0.15) is 5.75 Å². The number of amides is 1. The van der Waals surface area contributed by atoms with Crippen molar-refractivity contribution in [2.45, 2.75) is 31.8 Å². The maximum absolute atomic E-state index is 10.7. The van der Waals surface area contributed by atoms with Gasteiger partial charge in [-0.05, 0) is 57.1 Å². The molecule has 1 saturated heterocycles. The van der Waals surface area contributed by atoms with Crippen LogP contribution in [0.1, 0.15) is 24.8 Å². The lowest BCUT2D eigenvalue weighted by molar-refractivity contribution is -0.119. The topological polar surface area (TPSA) is 67.6 Å². The van der Waals surface area contributed by atoms with E-state index >= 15 is 0 Å². The quantitative estimate of drug-likeness (QED) is 0.824. The van der Waals surface area contributed by atoms with Gasteiger partial charge in [0, 0.05) is 12.6 Å². The third-order valence-corrected chi connectivity index (χ3v) is 3.91. The molecule has 0 spiro atoms. The number of nitrogens with one attached hydrogen (secondary N) is 1. The van der Waals surface area contributed by atoms with Crippen LogP contribution in [0.2, 0.25) is 0 Å². The summed E-state index contributed by atoms with van der Waals surface area (Å²) >= 11 is 0. The number of carbonyl (C=O) groups excluding carboxylic acids is 1. The van der Waals surface area contributed by atoms with E-state index in [-0.39, 0.29) is 6.61 Å². The summed E-state index contributed by atoms with van der Waals surface area (Å²) in [5, 5.41) is 3.45. The van der Waals surface area contributed by atoms with Crippen molar-refractivity contribution in [1.29, 1.82) is 0 Å². The van der Waals surface area contributed by atoms with Gasteiger partial charge in [-0.25, -0.2) is 0 Å². The zero-order chi connectivity index (χ0) is 15.1. The molecule has 21 heavy (non-hydrogen) atoms. The molecule has 5 nitrogen and oxygen atoms in total. The summed E-state index contributed by atoms with van der Waals surface area (Å²) in [6.07, 6.45) is 3.70. The third kappa shape index (κ3) is 5.36. The monoisotopic (exact) mass is 291 g/mol. The second kappa shape index (κ2) is 8.00. The number of benzene rings is 1. The van der Waals surface area contributed by atoms with Gasteiger partial charge in [0.05, 0.1) is 0 Å². The summed E-state index contributed by atoms with van der Waals surface area (Å²) in [7, 11) is 2.19. The van der Waals surface area contributed by atoms with Crippen LogP contribution in [0.4, 0.5) is 0 Å². The van der Waals surface area contributed by atoms with E-state index in [0.29, 0.717) is 11.8 Å². The number of carbonyl (C=O) groups is 1. The van der Waals surface area contributed by atoms with Crippen molar-refractivity contribution in [3.05, 3.63) is 29.8 Å². The standard InChI is InChI=1S/C16H25N3O2/c1-19(14-3-2-9-18-10-8-14)11-13-4-6-15(7-5-13)21-12-16(17)20/h4-7,14,18H,2-3,8-12H2,1H3,(H2,17,20). The van der Waals surface area contributed by atoms with Gasteiger partial charge in [0.25, 0.3) is 5.91 Å². The van der Waals surface area contributed by atoms with E-state index in [2.05, 4.69) is 17.3 Å². The summed E-state index contributed by atoms with van der Waals surface area (Å²) < 4.78 is 5.26. The fraction of sp³-hybridized carbons (Fsp3) is 0.562. The number of primary amides is 1. The molecule has 0 radical (unpaired) electrons. The van der Waals surface area contributed by atoms with Gasteiger partial charge in [-0.3, -0.25) is 9.69 Å². The number of nitrogens with two attached hydrogens (primary N) is 1. The van der Waals surface area contributed by atoms with E-state index in [1.807, 2.05) is 24.3 Å². The average molecular weight is 291 g/mol. The molecule has 1 amide bonds. The Hall–Kier alpha value is -1.59. The lowest BCUT2D eigenvalue weighted by atomic mass is 10.1. The van der Waals surface area contributed by atoms with Gasteiger partial charge >= 0.3 is 0 Å². The Morgan fingerprint density at radius 1 is 1.33 bits per heavy atom. The molecule has 1 aromatic carbocycles. The molecule has 116 valence electrons. The highest BCUT2D eigenvalue weighted by atomic mass is 16.5. The van der Waals surface area contributed by atoms with Gasteiger partial charge in [0.2, 0.25) is 0 Å². The summed E-state index contributed by atoms with van der Waals surface area (Å²) in [4.78, 5) is 13.1. The van der Waals surface area contributed by atoms with E-state index in [1.54, 1.807) is 0 Å². The van der Waals surface area contributed by atoms with Crippen LogP contribution < -0.4 is 15.8 Å². The van der Waals surface area contributed by atoms with Crippen LogP contribution in [0.25, 0.3) is 0 Å². The van der Waals surface area contributed by atoms with Crippen LogP contribution in [0.15, 0.2) is 24.3 Å². The zero-order valence-electron chi connectivity index (χ0n) is 12.7. The molecular formula is C16H25N3O2. The molecule has 1 aliphatic heterocycles. The molecule has 1 unspecified atom stereocenters. The van der Waals surface area contributed by atoms with E-state index in [0.717, 1.165) is 19.6 Å². The van der Waals surface area contributed by atoms with Crippen molar-refractivity contribution in [1.82, 2.24) is 10.2 Å². The molecule has 0 saturated carbocycles. The molecule has 0 aliphatic carbocycles. The van der Waals surface area contributed by atoms with Crippen LogP contribution >= 0.6 is 0 Å². The Morgan fingerprint density at radius 3 is 2.81 bits per heavy atom. The first-order chi connectivity index (χ1) is 10.1. The molecular weight excluding hydrogens is 266 g/mol. The second-order valence-electron chi connectivity index (χ2n) is 5.65. The molecule has 1 aliphatic rings. The molecule has 0 aromatic heterocycles. The normalized spacial score (nSPS) is 19.2. The van der Waals surface area contributed by atoms with Crippen LogP contribution in [-0.4, -0.2) is 43.6 Å². The molecule has 1 heterocycles. The Labute approximate surface area is 126 Å². The number of nitrogens with zero attached hydrogens (tertiary/aromatic N) is 1. The summed E-state index contributed by atoms with van der Waals surface area (Å²) in [6.45, 7) is 3.10. The lowest BCUT2D eigenvalue weighted by Gasteiger charge is -2.26. The highest BCUT2D eigenvalue weighted by molar-refractivity contribution is 5.75. The van der Waals surface area contributed by atoms with E-state index < -0.39 is 5.91 Å². The first-order valence-corrected chi connectivity index (χ1v) is 7.56. The zero-order valence-corrected chi connectivity index (χ0v) is 12.7. The third-order valence-electron chi connectivity index (χ3n) is 3.91. The van der Waals surface area contributed by atoms with Crippen LogP contribution in [-0.2, 0) is 11.3 Å². The van der Waals surface area contributed by atoms with Crippen molar-refractivity contribution >= 4 is 5.91 Å². The van der Waals surface area contributed by atoms with Gasteiger partial charge in [0.15, 0.2) is 6.61 Å². The lowest BCUT2D eigenvalue weighted by Crippen LogP contribution is -2.31. The Morgan fingerprint density at radius 2 is 2.10 bits per heavy atom. The average Bonchev–Trinajstić information content (AvgIpc) is 2.75. The largest absolute Gasteiger partial charge is 0.484 e. The van der Waals surface area contributed by atoms with Crippen molar-refractivity contribution in [2.24, 2.45) is 5.73 Å². The van der Waals surface area contributed by atoms with Gasteiger partial charge in [-0.2, -0.15) is 0 Å². The number of hydrogen-bond acceptors (Lipinski definition) is 4. The molecule has 0 bridgehead atoms. The second-order valence-corrected chi connectivity index (χ2v) is 5.65. The molecule has 3 N–H and O–H groups in total. The first kappa shape index (κ1) is 15.8. The van der Waals surface area contributed by atoms with Crippen molar-refractivity contribution in [3.8, 4) is 5.75 Å². The molecule has 5 heteroatoms. The highest BCUT2D eigenvalue weighted by Gasteiger charge is 2.16. The van der Waals surface area contributed by atoms with Crippen molar-refractivity contribution < 1.29 is 9.53 Å². The summed E-state index contributed by atoms with van der Waals surface area (Å²) in [6, 6.07) is 8.51. The van der Waals surface area contributed by atoms with Gasteiger partial charge in [-0.1, -0.05) is 12.1 Å². The molecule has 1 atom stereocenters. The fourth-order valence-corrected chi connectivity index (χ4v) is 2.70. The first-order valence-electron chi connectivity index (χ1n) is 7.56. The Kier molecular flexibility index (Phi) is 6.02. The smallest absolute Gasteiger partial charge is 0.255 e. The Balaban J connectivity index is 1.85. The highest BCUT2D eigenvalue weighted by Crippen LogP contribution is 2.17. The van der Waals surface area contributed by atoms with E-state index in [1.165, 1.54) is 24.8 Å². The Bertz CT molecular complexity index is 439. The summed E-state index contributed by atoms with van der Waals surface area (Å²) in [5.74, 6) is 0.222. The maximum Gasteiger partial charge on any atom is 0.255 e. The van der Waals surface area contributed by atoms with Gasteiger partial charge < -0.3 is 15.8 Å². The minimum atomic E-state index is -0.458. The predicted octanol–water partition coefficient (Wildman–Crippen LogP) is 1.12. The predicted molar refractivity (Wildman–Crippen MR) is 83.1 cm³/mol. The van der Waals surface area contributed by atoms with E-state index in [9.17, 15) is 4.79 Å². The number of rotatable bonds is 6. The van der Waals surface area contributed by atoms with Crippen LogP contribution in [0.5, 0.6) is 5.75 Å². The number of hydrogen-bond donors (Lipinski definition) is 2. The number of ether oxygens (including phenoxy) is 1. The van der Waals surface area contributed by atoms with Crippen molar-refractivity contribution in [3.63, 3.8) is 0 Å². The minimum absolute atomic E-state index is 0.0751. The molecule has 1 fully saturated rings. The minimum Gasteiger partial charge on any atom is -0.484 e. The van der Waals surface area contributed by atoms with Crippen molar-refractivity contribution in [2.75, 3.05) is 26.7 Å². The van der Waals surface area contributed by atoms with Crippen LogP contribution in [0.3, 0.4) is 0 Å². The molecule has 2 rings (SSSR count). The SMILES string of the molecule is CN(Cc1ccc(OCC(N)=O)cc1)C1CCCNCC1. The van der Waals surface area contributed by atoms with Gasteiger partial charge in [-0.15, -0.1) is 0 Å². The maximum atomic E-state index is 10.7. The van der Waals surface area contributed by atoms with Crippen LogP contribution in [0, 0.1) is 0 Å². The fourth-order valence-electron chi connectivity index (χ4n) is 2.70.